The van der Waals surface area contributed by atoms with Gasteiger partial charge < -0.3 is 15.7 Å². The Kier molecular flexibility index (Phi) is 6.96. The Bertz CT molecular complexity index is 301. The molecule has 0 aliphatic heterocycles. The van der Waals surface area contributed by atoms with Crippen molar-refractivity contribution in [3.63, 3.8) is 0 Å². The first-order valence-electron chi connectivity index (χ1n) is 8.04. The van der Waals surface area contributed by atoms with Gasteiger partial charge in [-0.3, -0.25) is 4.79 Å². The van der Waals surface area contributed by atoms with Gasteiger partial charge >= 0.3 is 0 Å². The quantitative estimate of drug-likeness (QED) is 0.670. The Morgan fingerprint density at radius 3 is 2.35 bits per heavy atom. The van der Waals surface area contributed by atoms with Crippen LogP contribution < -0.4 is 10.6 Å². The van der Waals surface area contributed by atoms with E-state index in [0.29, 0.717) is 11.8 Å². The molecule has 3 N–H and O–H groups in total. The SMILES string of the molecule is CC(C)[C@H](C)NC(=O)CN[C@@](C)(CO)C1CCCCC1. The van der Waals surface area contributed by atoms with E-state index in [-0.39, 0.29) is 30.6 Å². The second-order valence-electron chi connectivity index (χ2n) is 6.86. The van der Waals surface area contributed by atoms with Crippen molar-refractivity contribution in [2.75, 3.05) is 13.2 Å². The number of carbonyl (C=O) groups excluding carboxylic acids is 1. The largest absolute Gasteiger partial charge is 0.394 e. The van der Waals surface area contributed by atoms with Crippen LogP contribution in [0.5, 0.6) is 0 Å². The van der Waals surface area contributed by atoms with Crippen LogP contribution >= 0.6 is 0 Å². The zero-order valence-electron chi connectivity index (χ0n) is 13.5. The number of hydrogen-bond donors (Lipinski definition) is 3. The van der Waals surface area contributed by atoms with Gasteiger partial charge in [0, 0.05) is 11.6 Å². The van der Waals surface area contributed by atoms with Gasteiger partial charge in [0.1, 0.15) is 0 Å². The third-order valence-electron chi connectivity index (χ3n) is 4.88. The van der Waals surface area contributed by atoms with Crippen LogP contribution in [-0.4, -0.2) is 35.7 Å². The number of aliphatic hydroxyl groups is 1. The van der Waals surface area contributed by atoms with E-state index in [1.54, 1.807) is 0 Å². The summed E-state index contributed by atoms with van der Waals surface area (Å²) in [6, 6.07) is 0.180. The number of aliphatic hydroxyl groups excluding tert-OH is 1. The smallest absolute Gasteiger partial charge is 0.234 e. The van der Waals surface area contributed by atoms with Crippen molar-refractivity contribution in [3.05, 3.63) is 0 Å². The average molecular weight is 284 g/mol. The lowest BCUT2D eigenvalue weighted by Gasteiger charge is -2.39. The predicted octanol–water partition coefficient (Wildman–Crippen LogP) is 2.07. The van der Waals surface area contributed by atoms with Crippen LogP contribution in [-0.2, 0) is 4.79 Å². The maximum atomic E-state index is 11.9. The summed E-state index contributed by atoms with van der Waals surface area (Å²) in [7, 11) is 0. The molecule has 118 valence electrons. The summed E-state index contributed by atoms with van der Waals surface area (Å²) in [5.41, 5.74) is -0.334. The van der Waals surface area contributed by atoms with Crippen LogP contribution in [0.3, 0.4) is 0 Å². The molecule has 1 fully saturated rings. The Morgan fingerprint density at radius 1 is 1.25 bits per heavy atom. The molecular weight excluding hydrogens is 252 g/mol. The summed E-state index contributed by atoms with van der Waals surface area (Å²) in [4.78, 5) is 11.9. The highest BCUT2D eigenvalue weighted by Crippen LogP contribution is 2.32. The van der Waals surface area contributed by atoms with Crippen LogP contribution in [0.25, 0.3) is 0 Å². The summed E-state index contributed by atoms with van der Waals surface area (Å²) in [6.45, 7) is 8.63. The number of hydrogen-bond acceptors (Lipinski definition) is 3. The Hall–Kier alpha value is -0.610. The summed E-state index contributed by atoms with van der Waals surface area (Å²) < 4.78 is 0. The molecule has 1 saturated carbocycles. The molecule has 1 rings (SSSR count). The lowest BCUT2D eigenvalue weighted by molar-refractivity contribution is -0.121. The first kappa shape index (κ1) is 17.4. The summed E-state index contributed by atoms with van der Waals surface area (Å²) in [5.74, 6) is 0.916. The van der Waals surface area contributed by atoms with Crippen LogP contribution in [0.1, 0.15) is 59.8 Å². The summed E-state index contributed by atoms with van der Waals surface area (Å²) in [5, 5.41) is 16.0. The van der Waals surface area contributed by atoms with Crippen LogP contribution in [0.2, 0.25) is 0 Å². The number of rotatable bonds is 7. The Balaban J connectivity index is 2.45. The molecule has 0 radical (unpaired) electrons. The highest BCUT2D eigenvalue weighted by atomic mass is 16.3. The first-order chi connectivity index (χ1) is 9.39. The van der Waals surface area contributed by atoms with Gasteiger partial charge in [-0.05, 0) is 38.5 Å². The van der Waals surface area contributed by atoms with E-state index in [0.717, 1.165) is 12.8 Å². The van der Waals surface area contributed by atoms with Gasteiger partial charge in [0.25, 0.3) is 0 Å². The second kappa shape index (κ2) is 7.99. The molecule has 20 heavy (non-hydrogen) atoms. The highest BCUT2D eigenvalue weighted by Gasteiger charge is 2.34. The zero-order valence-corrected chi connectivity index (χ0v) is 13.5. The van der Waals surface area contributed by atoms with Crippen molar-refractivity contribution in [3.8, 4) is 0 Å². The van der Waals surface area contributed by atoms with Crippen LogP contribution in [0.15, 0.2) is 0 Å². The highest BCUT2D eigenvalue weighted by molar-refractivity contribution is 5.78. The van der Waals surface area contributed by atoms with E-state index < -0.39 is 0 Å². The lowest BCUT2D eigenvalue weighted by atomic mass is 9.76. The minimum absolute atomic E-state index is 0.0154. The second-order valence-corrected chi connectivity index (χ2v) is 6.86. The molecule has 0 aromatic rings. The van der Waals surface area contributed by atoms with Crippen molar-refractivity contribution >= 4 is 5.91 Å². The van der Waals surface area contributed by atoms with Gasteiger partial charge in [0.15, 0.2) is 0 Å². The number of carbonyl (C=O) groups is 1. The fraction of sp³-hybridized carbons (Fsp3) is 0.938. The van der Waals surface area contributed by atoms with Gasteiger partial charge in [-0.1, -0.05) is 33.1 Å². The molecule has 1 aliphatic rings. The average Bonchev–Trinajstić information content (AvgIpc) is 2.45. The third-order valence-corrected chi connectivity index (χ3v) is 4.88. The van der Waals surface area contributed by atoms with Crippen molar-refractivity contribution < 1.29 is 9.90 Å². The van der Waals surface area contributed by atoms with Crippen molar-refractivity contribution in [1.82, 2.24) is 10.6 Å². The molecule has 0 saturated heterocycles. The van der Waals surface area contributed by atoms with E-state index in [9.17, 15) is 9.90 Å². The molecule has 4 nitrogen and oxygen atoms in total. The topological polar surface area (TPSA) is 61.4 Å². The predicted molar refractivity (Wildman–Crippen MR) is 82.5 cm³/mol. The van der Waals surface area contributed by atoms with E-state index in [4.69, 9.17) is 0 Å². The van der Waals surface area contributed by atoms with Gasteiger partial charge in [0.05, 0.1) is 13.2 Å². The van der Waals surface area contributed by atoms with Crippen molar-refractivity contribution in [1.29, 1.82) is 0 Å². The fourth-order valence-corrected chi connectivity index (χ4v) is 2.82. The number of amides is 1. The molecule has 1 amide bonds. The van der Waals surface area contributed by atoms with E-state index in [2.05, 4.69) is 24.5 Å². The maximum Gasteiger partial charge on any atom is 0.234 e. The molecule has 1 aliphatic carbocycles. The summed E-state index contributed by atoms with van der Waals surface area (Å²) in [6.07, 6.45) is 6.06. The Morgan fingerprint density at radius 2 is 1.85 bits per heavy atom. The van der Waals surface area contributed by atoms with Crippen LogP contribution in [0, 0.1) is 11.8 Å². The van der Waals surface area contributed by atoms with Crippen molar-refractivity contribution in [2.24, 2.45) is 11.8 Å². The molecule has 0 aromatic heterocycles. The van der Waals surface area contributed by atoms with Gasteiger partial charge in [-0.15, -0.1) is 0 Å². The van der Waals surface area contributed by atoms with Gasteiger partial charge in [0.2, 0.25) is 5.91 Å². The third kappa shape index (κ3) is 5.06. The first-order valence-corrected chi connectivity index (χ1v) is 8.04. The Labute approximate surface area is 123 Å². The standard InChI is InChI=1S/C16H32N2O2/c1-12(2)13(3)18-15(20)10-17-16(4,11-19)14-8-6-5-7-9-14/h12-14,17,19H,5-11H2,1-4H3,(H,18,20)/t13-,16-/m0/s1. The molecule has 0 heterocycles. The minimum atomic E-state index is -0.334. The molecule has 0 spiro atoms. The molecule has 2 atom stereocenters. The monoisotopic (exact) mass is 284 g/mol. The lowest BCUT2D eigenvalue weighted by Crippen LogP contribution is -2.55. The minimum Gasteiger partial charge on any atom is -0.394 e. The number of nitrogens with one attached hydrogen (secondary N) is 2. The normalized spacial score (nSPS) is 21.5. The molecule has 0 bridgehead atoms. The summed E-state index contributed by atoms with van der Waals surface area (Å²) >= 11 is 0. The maximum absolute atomic E-state index is 11.9. The van der Waals surface area contributed by atoms with Crippen LogP contribution in [0.4, 0.5) is 0 Å². The molecule has 0 unspecified atom stereocenters. The van der Waals surface area contributed by atoms with E-state index in [1.807, 2.05) is 13.8 Å². The van der Waals surface area contributed by atoms with Gasteiger partial charge in [-0.2, -0.15) is 0 Å². The van der Waals surface area contributed by atoms with E-state index in [1.165, 1.54) is 19.3 Å². The van der Waals surface area contributed by atoms with E-state index >= 15 is 0 Å². The molecule has 0 aromatic carbocycles. The van der Waals surface area contributed by atoms with Crippen molar-refractivity contribution in [2.45, 2.75) is 71.4 Å². The fourth-order valence-electron chi connectivity index (χ4n) is 2.82. The molecular formula is C16H32N2O2. The molecule has 4 heteroatoms. The zero-order chi connectivity index (χ0) is 15.2. The van der Waals surface area contributed by atoms with Gasteiger partial charge in [-0.25, -0.2) is 0 Å².